The van der Waals surface area contributed by atoms with Gasteiger partial charge in [0.25, 0.3) is 0 Å². The Balaban J connectivity index is 2.37. The van der Waals surface area contributed by atoms with E-state index in [2.05, 4.69) is 5.32 Å². The quantitative estimate of drug-likeness (QED) is 0.886. The first-order valence-corrected chi connectivity index (χ1v) is 5.71. The van der Waals surface area contributed by atoms with Crippen molar-refractivity contribution in [3.63, 3.8) is 0 Å². The molecule has 2 nitrogen and oxygen atoms in total. The SMILES string of the molecule is CCN[C@@H](C)Cc1cc(F)c2ccoc2c1F. The van der Waals surface area contributed by atoms with E-state index in [1.165, 1.54) is 18.4 Å². The summed E-state index contributed by atoms with van der Waals surface area (Å²) in [6.45, 7) is 4.71. The van der Waals surface area contributed by atoms with Crippen molar-refractivity contribution in [3.8, 4) is 0 Å². The van der Waals surface area contributed by atoms with E-state index in [0.717, 1.165) is 6.54 Å². The minimum absolute atomic E-state index is 0.00342. The van der Waals surface area contributed by atoms with Crippen LogP contribution in [0.2, 0.25) is 0 Å². The van der Waals surface area contributed by atoms with E-state index in [-0.39, 0.29) is 17.0 Å². The first kappa shape index (κ1) is 12.0. The summed E-state index contributed by atoms with van der Waals surface area (Å²) < 4.78 is 32.6. The fourth-order valence-corrected chi connectivity index (χ4v) is 2.01. The van der Waals surface area contributed by atoms with Crippen LogP contribution in [-0.4, -0.2) is 12.6 Å². The van der Waals surface area contributed by atoms with Crippen LogP contribution >= 0.6 is 0 Å². The highest BCUT2D eigenvalue weighted by Gasteiger charge is 2.16. The van der Waals surface area contributed by atoms with Gasteiger partial charge in [-0.3, -0.25) is 0 Å². The lowest BCUT2D eigenvalue weighted by atomic mass is 10.0. The van der Waals surface area contributed by atoms with E-state index in [0.29, 0.717) is 12.0 Å². The van der Waals surface area contributed by atoms with Gasteiger partial charge in [-0.05, 0) is 37.6 Å². The van der Waals surface area contributed by atoms with Crippen LogP contribution in [0.15, 0.2) is 22.8 Å². The molecule has 0 bridgehead atoms. The van der Waals surface area contributed by atoms with Crippen molar-refractivity contribution >= 4 is 11.0 Å². The summed E-state index contributed by atoms with van der Waals surface area (Å²) in [6, 6.07) is 2.79. The zero-order chi connectivity index (χ0) is 12.4. The number of rotatable bonds is 4. The minimum atomic E-state index is -0.462. The summed E-state index contributed by atoms with van der Waals surface area (Å²) in [5.74, 6) is -0.898. The van der Waals surface area contributed by atoms with Crippen LogP contribution in [0.3, 0.4) is 0 Å². The number of hydrogen-bond donors (Lipinski definition) is 1. The highest BCUT2D eigenvalue weighted by Crippen LogP contribution is 2.25. The van der Waals surface area contributed by atoms with Gasteiger partial charge in [0.1, 0.15) is 5.82 Å². The molecule has 92 valence electrons. The molecule has 0 saturated heterocycles. The highest BCUT2D eigenvalue weighted by atomic mass is 19.1. The molecule has 17 heavy (non-hydrogen) atoms. The molecular formula is C13H15F2NO. The second-order valence-electron chi connectivity index (χ2n) is 4.16. The van der Waals surface area contributed by atoms with Gasteiger partial charge in [-0.1, -0.05) is 6.92 Å². The third-order valence-corrected chi connectivity index (χ3v) is 2.78. The first-order chi connectivity index (χ1) is 8.13. The van der Waals surface area contributed by atoms with Crippen molar-refractivity contribution in [2.45, 2.75) is 26.3 Å². The predicted molar refractivity (Wildman–Crippen MR) is 63.0 cm³/mol. The maximum atomic E-state index is 14.0. The molecule has 0 aliphatic rings. The van der Waals surface area contributed by atoms with E-state index in [9.17, 15) is 8.78 Å². The predicted octanol–water partition coefficient (Wildman–Crippen LogP) is 3.25. The van der Waals surface area contributed by atoms with Crippen molar-refractivity contribution in [2.24, 2.45) is 0 Å². The lowest BCUT2D eigenvalue weighted by Crippen LogP contribution is -2.28. The Morgan fingerprint density at radius 2 is 2.18 bits per heavy atom. The molecule has 0 amide bonds. The number of furan rings is 1. The van der Waals surface area contributed by atoms with Gasteiger partial charge in [-0.25, -0.2) is 8.78 Å². The second kappa shape index (κ2) is 4.84. The number of likely N-dealkylation sites (N-methyl/N-ethyl adjacent to an activating group) is 1. The molecule has 1 aromatic heterocycles. The van der Waals surface area contributed by atoms with Crippen LogP contribution in [0.1, 0.15) is 19.4 Å². The molecule has 0 radical (unpaired) electrons. The minimum Gasteiger partial charge on any atom is -0.461 e. The van der Waals surface area contributed by atoms with Crippen LogP contribution < -0.4 is 5.32 Å². The van der Waals surface area contributed by atoms with Gasteiger partial charge in [-0.15, -0.1) is 0 Å². The maximum absolute atomic E-state index is 14.0. The Labute approximate surface area is 98.6 Å². The fourth-order valence-electron chi connectivity index (χ4n) is 2.01. The summed E-state index contributed by atoms with van der Waals surface area (Å²) in [6.07, 6.45) is 1.74. The number of halogens is 2. The fraction of sp³-hybridized carbons (Fsp3) is 0.385. The van der Waals surface area contributed by atoms with Gasteiger partial charge < -0.3 is 9.73 Å². The third-order valence-electron chi connectivity index (χ3n) is 2.78. The van der Waals surface area contributed by atoms with Crippen molar-refractivity contribution in [3.05, 3.63) is 35.6 Å². The molecule has 2 rings (SSSR count). The van der Waals surface area contributed by atoms with Gasteiger partial charge in [0, 0.05) is 6.04 Å². The normalized spacial score (nSPS) is 13.2. The molecule has 1 atom stereocenters. The number of hydrogen-bond acceptors (Lipinski definition) is 2. The molecule has 1 heterocycles. The highest BCUT2D eigenvalue weighted by molar-refractivity contribution is 5.79. The Morgan fingerprint density at radius 3 is 2.88 bits per heavy atom. The van der Waals surface area contributed by atoms with Crippen LogP contribution in [-0.2, 0) is 6.42 Å². The molecule has 1 aromatic carbocycles. The Hall–Kier alpha value is -1.42. The average Bonchev–Trinajstić information content (AvgIpc) is 2.75. The van der Waals surface area contributed by atoms with Gasteiger partial charge in [0.2, 0.25) is 0 Å². The molecule has 0 spiro atoms. The van der Waals surface area contributed by atoms with E-state index in [1.54, 1.807) is 0 Å². The molecule has 0 aliphatic carbocycles. The van der Waals surface area contributed by atoms with Crippen molar-refractivity contribution in [1.82, 2.24) is 5.32 Å². The summed E-state index contributed by atoms with van der Waals surface area (Å²) in [5.41, 5.74) is 0.349. The van der Waals surface area contributed by atoms with Crippen LogP contribution in [0.5, 0.6) is 0 Å². The number of benzene rings is 1. The second-order valence-corrected chi connectivity index (χ2v) is 4.16. The van der Waals surface area contributed by atoms with Crippen molar-refractivity contribution < 1.29 is 13.2 Å². The van der Waals surface area contributed by atoms with E-state index in [1.807, 2.05) is 13.8 Å². The van der Waals surface area contributed by atoms with Crippen LogP contribution in [0.4, 0.5) is 8.78 Å². The largest absolute Gasteiger partial charge is 0.461 e. The first-order valence-electron chi connectivity index (χ1n) is 5.71. The lowest BCUT2D eigenvalue weighted by molar-refractivity contribution is 0.520. The summed E-state index contributed by atoms with van der Waals surface area (Å²) in [4.78, 5) is 0. The van der Waals surface area contributed by atoms with Crippen molar-refractivity contribution in [1.29, 1.82) is 0 Å². The van der Waals surface area contributed by atoms with Gasteiger partial charge >= 0.3 is 0 Å². The molecule has 0 fully saturated rings. The number of nitrogens with one attached hydrogen (secondary N) is 1. The maximum Gasteiger partial charge on any atom is 0.172 e. The standard InChI is InChI=1S/C13H15F2NO/c1-3-16-8(2)6-9-7-11(14)10-4-5-17-13(10)12(9)15/h4-5,7-8,16H,3,6H2,1-2H3/t8-/m0/s1. The summed E-state index contributed by atoms with van der Waals surface area (Å²) in [7, 11) is 0. The monoisotopic (exact) mass is 239 g/mol. The zero-order valence-corrected chi connectivity index (χ0v) is 9.89. The average molecular weight is 239 g/mol. The molecule has 0 unspecified atom stereocenters. The van der Waals surface area contributed by atoms with E-state index >= 15 is 0 Å². The van der Waals surface area contributed by atoms with E-state index in [4.69, 9.17) is 4.42 Å². The van der Waals surface area contributed by atoms with Gasteiger partial charge in [-0.2, -0.15) is 0 Å². The molecule has 1 N–H and O–H groups in total. The molecule has 4 heteroatoms. The topological polar surface area (TPSA) is 25.2 Å². The molecule has 0 aliphatic heterocycles. The van der Waals surface area contributed by atoms with Gasteiger partial charge in [0.05, 0.1) is 11.6 Å². The van der Waals surface area contributed by atoms with Crippen LogP contribution in [0.25, 0.3) is 11.0 Å². The van der Waals surface area contributed by atoms with E-state index < -0.39 is 11.6 Å². The van der Waals surface area contributed by atoms with Crippen LogP contribution in [0, 0.1) is 11.6 Å². The number of fused-ring (bicyclic) bond motifs is 1. The molecule has 2 aromatic rings. The lowest BCUT2D eigenvalue weighted by Gasteiger charge is -2.13. The zero-order valence-electron chi connectivity index (χ0n) is 9.89. The molecule has 0 saturated carbocycles. The Kier molecular flexibility index (Phi) is 3.43. The van der Waals surface area contributed by atoms with Crippen molar-refractivity contribution in [2.75, 3.05) is 6.54 Å². The Morgan fingerprint density at radius 1 is 1.41 bits per heavy atom. The van der Waals surface area contributed by atoms with Gasteiger partial charge in [0.15, 0.2) is 11.4 Å². The Bertz CT molecular complexity index is 521. The molecular weight excluding hydrogens is 224 g/mol. The summed E-state index contributed by atoms with van der Waals surface area (Å²) in [5, 5.41) is 3.36. The third kappa shape index (κ3) is 2.31. The smallest absolute Gasteiger partial charge is 0.172 e. The summed E-state index contributed by atoms with van der Waals surface area (Å²) >= 11 is 0.